The summed E-state index contributed by atoms with van der Waals surface area (Å²) in [6.45, 7) is 10.7. The number of allylic oxidation sites excluding steroid dienone is 2. The van der Waals surface area contributed by atoms with Gasteiger partial charge in [-0.25, -0.2) is 13.8 Å². The number of H-pyrrole nitrogens is 1. The van der Waals surface area contributed by atoms with Gasteiger partial charge in [-0.05, 0) is 55.4 Å². The van der Waals surface area contributed by atoms with E-state index in [1.807, 2.05) is 0 Å². The van der Waals surface area contributed by atoms with Crippen molar-refractivity contribution >= 4 is 0 Å². The molecule has 0 bridgehead atoms. The Bertz CT molecular complexity index is 916. The lowest BCUT2D eigenvalue weighted by atomic mass is 9.84. The molecule has 3 N–H and O–H groups in total. The average molecular weight is 428 g/mol. The van der Waals surface area contributed by atoms with Crippen LogP contribution in [0.25, 0.3) is 0 Å². The van der Waals surface area contributed by atoms with Gasteiger partial charge in [0, 0.05) is 37.0 Å². The van der Waals surface area contributed by atoms with E-state index in [1.54, 1.807) is 12.4 Å². The molecular weight excluding hydrogens is 396 g/mol. The van der Waals surface area contributed by atoms with E-state index in [2.05, 4.69) is 41.4 Å². The lowest BCUT2D eigenvalue weighted by Gasteiger charge is -2.31. The summed E-state index contributed by atoms with van der Waals surface area (Å²) in [5, 5.41) is 14.5. The summed E-state index contributed by atoms with van der Waals surface area (Å²) in [7, 11) is 0. The van der Waals surface area contributed by atoms with Gasteiger partial charge in [0.25, 0.3) is 0 Å². The zero-order valence-electron chi connectivity index (χ0n) is 18.0. The molecule has 2 aromatic rings. The molecule has 0 aliphatic heterocycles. The third-order valence-electron chi connectivity index (χ3n) is 5.86. The highest BCUT2D eigenvalue weighted by Crippen LogP contribution is 2.30. The van der Waals surface area contributed by atoms with Crippen molar-refractivity contribution in [2.24, 2.45) is 0 Å². The Hall–Kier alpha value is -2.57. The molecule has 1 aromatic heterocycles. The third kappa shape index (κ3) is 6.21. The minimum Gasteiger partial charge on any atom is -0.391 e. The number of benzene rings is 1. The molecule has 0 radical (unpaired) electrons. The molecule has 1 aromatic carbocycles. The van der Waals surface area contributed by atoms with Gasteiger partial charge < -0.3 is 15.4 Å². The number of rotatable bonds is 9. The quantitative estimate of drug-likeness (QED) is 0.530. The maximum absolute atomic E-state index is 13.7. The molecule has 1 heterocycles. The molecule has 1 aliphatic carbocycles. The van der Waals surface area contributed by atoms with Crippen LogP contribution in [0.3, 0.4) is 0 Å². The number of halogens is 2. The molecule has 1 saturated carbocycles. The first kappa shape index (κ1) is 23.1. The van der Waals surface area contributed by atoms with Crippen LogP contribution in [-0.4, -0.2) is 33.8 Å². The number of aromatic nitrogens is 2. The first-order valence-electron chi connectivity index (χ1n) is 10.8. The van der Waals surface area contributed by atoms with Crippen LogP contribution in [0.2, 0.25) is 0 Å². The van der Waals surface area contributed by atoms with Gasteiger partial charge in [-0.2, -0.15) is 0 Å². The minimum atomic E-state index is -0.803. The summed E-state index contributed by atoms with van der Waals surface area (Å²) in [6.07, 6.45) is 8.67. The van der Waals surface area contributed by atoms with E-state index in [-0.39, 0.29) is 12.5 Å². The molecule has 1 fully saturated rings. The van der Waals surface area contributed by atoms with Gasteiger partial charge in [0.2, 0.25) is 0 Å². The van der Waals surface area contributed by atoms with Crippen molar-refractivity contribution in [2.45, 2.75) is 57.1 Å². The van der Waals surface area contributed by atoms with E-state index in [1.165, 1.54) is 12.1 Å². The van der Waals surface area contributed by atoms with Crippen molar-refractivity contribution in [3.05, 3.63) is 89.6 Å². The summed E-state index contributed by atoms with van der Waals surface area (Å²) in [6, 6.07) is 3.52. The van der Waals surface area contributed by atoms with Gasteiger partial charge in [-0.3, -0.25) is 0 Å². The summed E-state index contributed by atoms with van der Waals surface area (Å²) < 4.78 is 27.3. The van der Waals surface area contributed by atoms with Crippen molar-refractivity contribution in [3.8, 4) is 0 Å². The topological polar surface area (TPSA) is 60.9 Å². The second-order valence-electron chi connectivity index (χ2n) is 8.20. The third-order valence-corrected chi connectivity index (χ3v) is 5.86. The molecule has 0 saturated heterocycles. The number of hydrogen-bond acceptors (Lipinski definition) is 3. The zero-order chi connectivity index (χ0) is 22.4. The number of aromatic amines is 1. The minimum absolute atomic E-state index is 0.0862. The van der Waals surface area contributed by atoms with E-state index < -0.39 is 23.7 Å². The molecule has 0 amide bonds. The molecule has 3 rings (SSSR count). The van der Waals surface area contributed by atoms with Gasteiger partial charge in [-0.15, -0.1) is 0 Å². The molecule has 3 atom stereocenters. The fourth-order valence-electron chi connectivity index (χ4n) is 4.09. The standard InChI is InChI=1S/C25H31F2N3O/c1-4-16(2)10-21-17(3)6-5-7-23(21)30-15-24(31)22(25-28-8-9-29-25)13-18-11-19(26)14-20(27)12-18/h8-12,14,22-24,30-31H,2-7,13,15H2,1H3,(H,28,29)/b21-10+. The van der Waals surface area contributed by atoms with Gasteiger partial charge in [0.05, 0.1) is 6.10 Å². The second-order valence-corrected chi connectivity index (χ2v) is 8.20. The van der Waals surface area contributed by atoms with Gasteiger partial charge in [0.15, 0.2) is 0 Å². The molecule has 0 spiro atoms. The molecular formula is C25H31F2N3O. The summed E-state index contributed by atoms with van der Waals surface area (Å²) in [5.74, 6) is -1.12. The maximum Gasteiger partial charge on any atom is 0.126 e. The number of nitrogens with one attached hydrogen (secondary N) is 2. The van der Waals surface area contributed by atoms with Crippen molar-refractivity contribution in [1.29, 1.82) is 0 Å². The van der Waals surface area contributed by atoms with Crippen molar-refractivity contribution in [1.82, 2.24) is 15.3 Å². The molecule has 3 unspecified atom stereocenters. The van der Waals surface area contributed by atoms with Crippen molar-refractivity contribution in [3.63, 3.8) is 0 Å². The fourth-order valence-corrected chi connectivity index (χ4v) is 4.09. The second kappa shape index (κ2) is 10.6. The molecule has 31 heavy (non-hydrogen) atoms. The Kier molecular flexibility index (Phi) is 7.93. The highest BCUT2D eigenvalue weighted by atomic mass is 19.1. The van der Waals surface area contributed by atoms with Crippen LogP contribution in [0, 0.1) is 11.6 Å². The molecule has 166 valence electrons. The number of imidazole rings is 1. The Morgan fingerprint density at radius 3 is 2.74 bits per heavy atom. The predicted octanol–water partition coefficient (Wildman–Crippen LogP) is 4.97. The lowest BCUT2D eigenvalue weighted by Crippen LogP contribution is -2.41. The Balaban J connectivity index is 1.74. The molecule has 6 heteroatoms. The average Bonchev–Trinajstić information content (AvgIpc) is 3.26. The van der Waals surface area contributed by atoms with Gasteiger partial charge in [-0.1, -0.05) is 37.3 Å². The maximum atomic E-state index is 13.7. The van der Waals surface area contributed by atoms with Crippen LogP contribution in [0.1, 0.15) is 49.9 Å². The SMILES string of the molecule is C=C(/C=C1\C(=C)CCCC1NCC(O)C(Cc1cc(F)cc(F)c1)c1ncc[nH]1)CC. The van der Waals surface area contributed by atoms with E-state index >= 15 is 0 Å². The summed E-state index contributed by atoms with van der Waals surface area (Å²) in [4.78, 5) is 7.31. The Morgan fingerprint density at radius 2 is 2.10 bits per heavy atom. The number of hydrogen-bond donors (Lipinski definition) is 3. The van der Waals surface area contributed by atoms with E-state index in [0.29, 0.717) is 17.9 Å². The van der Waals surface area contributed by atoms with Crippen LogP contribution in [0.4, 0.5) is 8.78 Å². The Labute approximate surface area is 182 Å². The van der Waals surface area contributed by atoms with E-state index in [9.17, 15) is 13.9 Å². The number of nitrogens with zero attached hydrogens (tertiary/aromatic N) is 1. The zero-order valence-corrected chi connectivity index (χ0v) is 18.0. The fraction of sp³-hybridized carbons (Fsp3) is 0.400. The van der Waals surface area contributed by atoms with Crippen LogP contribution in [0.5, 0.6) is 0 Å². The summed E-state index contributed by atoms with van der Waals surface area (Å²) >= 11 is 0. The number of aliphatic hydroxyl groups is 1. The normalized spacial score (nSPS) is 20.1. The highest BCUT2D eigenvalue weighted by Gasteiger charge is 2.27. The molecule has 1 aliphatic rings. The first-order valence-corrected chi connectivity index (χ1v) is 10.8. The summed E-state index contributed by atoms with van der Waals surface area (Å²) in [5.41, 5.74) is 3.77. The largest absolute Gasteiger partial charge is 0.391 e. The van der Waals surface area contributed by atoms with Crippen LogP contribution >= 0.6 is 0 Å². The number of aliphatic hydroxyl groups excluding tert-OH is 1. The predicted molar refractivity (Wildman–Crippen MR) is 120 cm³/mol. The smallest absolute Gasteiger partial charge is 0.126 e. The van der Waals surface area contributed by atoms with E-state index in [0.717, 1.165) is 48.5 Å². The van der Waals surface area contributed by atoms with E-state index in [4.69, 9.17) is 0 Å². The van der Waals surface area contributed by atoms with Gasteiger partial charge in [0.1, 0.15) is 17.5 Å². The van der Waals surface area contributed by atoms with Crippen LogP contribution < -0.4 is 5.32 Å². The monoisotopic (exact) mass is 427 g/mol. The molecule has 4 nitrogen and oxygen atoms in total. The van der Waals surface area contributed by atoms with Crippen molar-refractivity contribution in [2.75, 3.05) is 6.54 Å². The lowest BCUT2D eigenvalue weighted by molar-refractivity contribution is 0.133. The van der Waals surface area contributed by atoms with Crippen LogP contribution in [0.15, 0.2) is 66.5 Å². The Morgan fingerprint density at radius 1 is 1.35 bits per heavy atom. The van der Waals surface area contributed by atoms with Crippen LogP contribution in [-0.2, 0) is 6.42 Å². The van der Waals surface area contributed by atoms with Crippen molar-refractivity contribution < 1.29 is 13.9 Å². The highest BCUT2D eigenvalue weighted by molar-refractivity contribution is 5.40. The first-order chi connectivity index (χ1) is 14.9. The van der Waals surface area contributed by atoms with Gasteiger partial charge >= 0.3 is 0 Å².